The van der Waals surface area contributed by atoms with E-state index in [2.05, 4.69) is 20.9 Å². The van der Waals surface area contributed by atoms with E-state index in [1.54, 1.807) is 48.7 Å². The van der Waals surface area contributed by atoms with Crippen molar-refractivity contribution in [2.45, 2.75) is 0 Å². The van der Waals surface area contributed by atoms with Crippen LogP contribution in [0.1, 0.15) is 11.1 Å². The van der Waals surface area contributed by atoms with Gasteiger partial charge in [-0.3, -0.25) is 4.99 Å². The first-order valence-corrected chi connectivity index (χ1v) is 8.96. The second-order valence-electron chi connectivity index (χ2n) is 5.65. The van der Waals surface area contributed by atoms with Gasteiger partial charge in [0.05, 0.1) is 5.69 Å². The minimum atomic E-state index is -0.444. The number of ether oxygens (including phenoxy) is 1. The largest absolute Gasteiger partial charge is 0.508 e. The lowest BCUT2D eigenvalue weighted by molar-refractivity contribution is -0.128. The maximum absolute atomic E-state index is 11.9. The van der Waals surface area contributed by atoms with Crippen LogP contribution in [0.4, 0.5) is 5.69 Å². The third kappa shape index (κ3) is 5.94. The predicted molar refractivity (Wildman–Crippen MR) is 111 cm³/mol. The molecule has 134 valence electrons. The molecule has 3 rings (SSSR count). The van der Waals surface area contributed by atoms with Gasteiger partial charge in [0.1, 0.15) is 11.5 Å². The molecule has 0 aliphatic rings. The molecule has 4 nitrogen and oxygen atoms in total. The fraction of sp³-hybridized carbons (Fsp3) is 0. The molecule has 0 aliphatic heterocycles. The summed E-state index contributed by atoms with van der Waals surface area (Å²) >= 11 is 3.39. The molecule has 5 heteroatoms. The minimum Gasteiger partial charge on any atom is -0.508 e. The number of hydrogen-bond acceptors (Lipinski definition) is 4. The average molecular weight is 422 g/mol. The number of benzene rings is 3. The molecule has 0 aromatic heterocycles. The predicted octanol–water partition coefficient (Wildman–Crippen LogP) is 5.52. The fourth-order valence-corrected chi connectivity index (χ4v) is 2.65. The second kappa shape index (κ2) is 8.96. The third-order valence-corrected chi connectivity index (χ3v) is 4.06. The van der Waals surface area contributed by atoms with Crippen LogP contribution in [-0.4, -0.2) is 17.3 Å². The van der Waals surface area contributed by atoms with Crippen molar-refractivity contribution >= 4 is 39.9 Å². The lowest BCUT2D eigenvalue weighted by Gasteiger charge is -2.02. The highest BCUT2D eigenvalue weighted by molar-refractivity contribution is 9.10. The normalized spacial score (nSPS) is 11.1. The van der Waals surface area contributed by atoms with Crippen LogP contribution in [0.2, 0.25) is 0 Å². The number of halogens is 1. The summed E-state index contributed by atoms with van der Waals surface area (Å²) in [4.78, 5) is 16.2. The van der Waals surface area contributed by atoms with Gasteiger partial charge in [0, 0.05) is 16.8 Å². The van der Waals surface area contributed by atoms with Crippen molar-refractivity contribution < 1.29 is 14.6 Å². The van der Waals surface area contributed by atoms with Crippen molar-refractivity contribution in [3.05, 3.63) is 94.5 Å². The Hall–Kier alpha value is -3.18. The number of carbonyl (C=O) groups excluding carboxylic acids is 1. The topological polar surface area (TPSA) is 58.9 Å². The number of rotatable bonds is 5. The van der Waals surface area contributed by atoms with Gasteiger partial charge in [0.25, 0.3) is 0 Å². The summed E-state index contributed by atoms with van der Waals surface area (Å²) in [5, 5.41) is 9.26. The number of aliphatic imine (C=N–C) groups is 1. The summed E-state index contributed by atoms with van der Waals surface area (Å²) in [6, 6.07) is 21.3. The molecular formula is C22H16BrNO3. The van der Waals surface area contributed by atoms with Crippen LogP contribution in [0.3, 0.4) is 0 Å². The molecule has 0 atom stereocenters. The van der Waals surface area contributed by atoms with Crippen molar-refractivity contribution in [1.82, 2.24) is 0 Å². The Balaban J connectivity index is 1.58. The van der Waals surface area contributed by atoms with Gasteiger partial charge >= 0.3 is 5.97 Å². The monoisotopic (exact) mass is 421 g/mol. The summed E-state index contributed by atoms with van der Waals surface area (Å²) in [5.74, 6) is 0.218. The van der Waals surface area contributed by atoms with E-state index in [1.165, 1.54) is 6.08 Å². The molecule has 0 bridgehead atoms. The number of aromatic hydroxyl groups is 1. The van der Waals surface area contributed by atoms with E-state index in [0.29, 0.717) is 5.75 Å². The first kappa shape index (κ1) is 18.6. The van der Waals surface area contributed by atoms with Crippen molar-refractivity contribution in [1.29, 1.82) is 0 Å². The molecule has 27 heavy (non-hydrogen) atoms. The summed E-state index contributed by atoms with van der Waals surface area (Å²) in [7, 11) is 0. The molecule has 0 radical (unpaired) electrons. The van der Waals surface area contributed by atoms with Crippen LogP contribution in [0, 0.1) is 0 Å². The van der Waals surface area contributed by atoms with E-state index in [0.717, 1.165) is 21.3 Å². The lowest BCUT2D eigenvalue weighted by Crippen LogP contribution is -2.03. The Labute approximate surface area is 165 Å². The van der Waals surface area contributed by atoms with Gasteiger partial charge in [-0.1, -0.05) is 28.1 Å². The molecule has 0 unspecified atom stereocenters. The van der Waals surface area contributed by atoms with Crippen LogP contribution in [-0.2, 0) is 4.79 Å². The molecule has 1 N–H and O–H groups in total. The third-order valence-electron chi connectivity index (χ3n) is 3.57. The second-order valence-corrected chi connectivity index (χ2v) is 6.57. The van der Waals surface area contributed by atoms with E-state index in [9.17, 15) is 9.90 Å². The Morgan fingerprint density at radius 2 is 1.70 bits per heavy atom. The van der Waals surface area contributed by atoms with Gasteiger partial charge in [-0.15, -0.1) is 0 Å². The molecule has 0 amide bonds. The van der Waals surface area contributed by atoms with Gasteiger partial charge in [-0.25, -0.2) is 4.79 Å². The number of nitrogens with zero attached hydrogens (tertiary/aromatic N) is 1. The first-order valence-electron chi connectivity index (χ1n) is 8.17. The zero-order valence-electron chi connectivity index (χ0n) is 14.2. The minimum absolute atomic E-state index is 0.203. The highest BCUT2D eigenvalue weighted by Gasteiger charge is 2.01. The number of phenolic OH excluding ortho intramolecular Hbond substituents is 1. The average Bonchev–Trinajstić information content (AvgIpc) is 2.67. The molecule has 3 aromatic rings. The van der Waals surface area contributed by atoms with Gasteiger partial charge < -0.3 is 9.84 Å². The number of esters is 1. The fourth-order valence-electron chi connectivity index (χ4n) is 2.23. The first-order chi connectivity index (χ1) is 13.1. The maximum atomic E-state index is 11.9. The van der Waals surface area contributed by atoms with Crippen molar-refractivity contribution in [2.75, 3.05) is 0 Å². The zero-order valence-corrected chi connectivity index (χ0v) is 15.8. The summed E-state index contributed by atoms with van der Waals surface area (Å²) in [6.45, 7) is 0. The summed E-state index contributed by atoms with van der Waals surface area (Å²) < 4.78 is 6.23. The van der Waals surface area contributed by atoms with E-state index in [1.807, 2.05) is 36.4 Å². The van der Waals surface area contributed by atoms with Crippen molar-refractivity contribution in [3.63, 3.8) is 0 Å². The number of hydrogen-bond donors (Lipinski definition) is 1. The van der Waals surface area contributed by atoms with E-state index in [-0.39, 0.29) is 5.75 Å². The Morgan fingerprint density at radius 3 is 2.41 bits per heavy atom. The molecular weight excluding hydrogens is 406 g/mol. The number of carbonyl (C=O) groups is 1. The quantitative estimate of drug-likeness (QED) is 0.255. The lowest BCUT2D eigenvalue weighted by atomic mass is 10.2. The molecule has 0 saturated heterocycles. The molecule has 0 heterocycles. The van der Waals surface area contributed by atoms with Gasteiger partial charge in [0.15, 0.2) is 0 Å². The van der Waals surface area contributed by atoms with Crippen LogP contribution < -0.4 is 4.74 Å². The molecule has 0 aliphatic carbocycles. The Bertz CT molecular complexity index is 977. The van der Waals surface area contributed by atoms with Crippen LogP contribution >= 0.6 is 15.9 Å². The zero-order chi connectivity index (χ0) is 19.1. The Morgan fingerprint density at radius 1 is 0.963 bits per heavy atom. The summed E-state index contributed by atoms with van der Waals surface area (Å²) in [6.07, 6.45) is 4.79. The van der Waals surface area contributed by atoms with E-state index >= 15 is 0 Å². The summed E-state index contributed by atoms with van der Waals surface area (Å²) in [5.41, 5.74) is 2.51. The standard InChI is InChI=1S/C22H16BrNO3/c23-18-3-1-2-16(14-18)6-13-22(26)27-21-11-4-17(5-12-21)15-24-19-7-9-20(25)10-8-19/h1-15,25H/b13-6+,24-15?. The molecule has 3 aromatic carbocycles. The Kier molecular flexibility index (Phi) is 6.18. The van der Waals surface area contributed by atoms with Gasteiger partial charge in [-0.05, 0) is 77.9 Å². The van der Waals surface area contributed by atoms with Crippen molar-refractivity contribution in [3.8, 4) is 11.5 Å². The SMILES string of the molecule is O=C(/C=C/c1cccc(Br)c1)Oc1ccc(C=Nc2ccc(O)cc2)cc1. The van der Waals surface area contributed by atoms with Crippen LogP contribution in [0.25, 0.3) is 6.08 Å². The van der Waals surface area contributed by atoms with Gasteiger partial charge in [0.2, 0.25) is 0 Å². The van der Waals surface area contributed by atoms with Crippen LogP contribution in [0.5, 0.6) is 11.5 Å². The highest BCUT2D eigenvalue weighted by atomic mass is 79.9. The van der Waals surface area contributed by atoms with Gasteiger partial charge in [-0.2, -0.15) is 0 Å². The smallest absolute Gasteiger partial charge is 0.336 e. The highest BCUT2D eigenvalue weighted by Crippen LogP contribution is 2.17. The number of phenols is 1. The maximum Gasteiger partial charge on any atom is 0.336 e. The van der Waals surface area contributed by atoms with Crippen LogP contribution in [0.15, 0.2) is 88.3 Å². The molecule has 0 fully saturated rings. The van der Waals surface area contributed by atoms with E-state index < -0.39 is 5.97 Å². The molecule has 0 saturated carbocycles. The molecule has 0 spiro atoms. The van der Waals surface area contributed by atoms with E-state index in [4.69, 9.17) is 4.74 Å². The van der Waals surface area contributed by atoms with Crippen molar-refractivity contribution in [2.24, 2.45) is 4.99 Å².